The van der Waals surface area contributed by atoms with Crippen molar-refractivity contribution in [2.45, 2.75) is 18.8 Å². The Morgan fingerprint density at radius 2 is 2.17 bits per heavy atom. The predicted molar refractivity (Wildman–Crippen MR) is 105 cm³/mol. The Morgan fingerprint density at radius 1 is 1.40 bits per heavy atom. The van der Waals surface area contributed by atoms with E-state index in [1.807, 2.05) is 18.6 Å². The SMILES string of the molecule is Cn1ccnc1C1CNCCN1Cc1cnc(-c2cccs2)[nH]1.O=C(O)C(F)(F)F. The van der Waals surface area contributed by atoms with Crippen molar-refractivity contribution in [1.29, 1.82) is 0 Å². The minimum Gasteiger partial charge on any atom is -0.475 e. The second-order valence-electron chi connectivity index (χ2n) is 6.62. The molecule has 1 atom stereocenters. The lowest BCUT2D eigenvalue weighted by Crippen LogP contribution is -2.46. The van der Waals surface area contributed by atoms with Gasteiger partial charge >= 0.3 is 12.1 Å². The summed E-state index contributed by atoms with van der Waals surface area (Å²) in [5, 5.41) is 12.7. The van der Waals surface area contributed by atoms with Crippen LogP contribution in [0.1, 0.15) is 17.6 Å². The summed E-state index contributed by atoms with van der Waals surface area (Å²) in [6.45, 7) is 3.80. The lowest BCUT2D eigenvalue weighted by atomic mass is 10.1. The zero-order valence-corrected chi connectivity index (χ0v) is 16.9. The van der Waals surface area contributed by atoms with Crippen LogP contribution in [-0.2, 0) is 18.4 Å². The zero-order valence-electron chi connectivity index (χ0n) is 16.1. The van der Waals surface area contributed by atoms with Crippen LogP contribution in [0.5, 0.6) is 0 Å². The van der Waals surface area contributed by atoms with Crippen LogP contribution in [0.3, 0.4) is 0 Å². The van der Waals surface area contributed by atoms with Gasteiger partial charge in [-0.1, -0.05) is 6.07 Å². The topological polar surface area (TPSA) is 99.1 Å². The Balaban J connectivity index is 0.000000318. The highest BCUT2D eigenvalue weighted by atomic mass is 32.1. The van der Waals surface area contributed by atoms with Crippen molar-refractivity contribution in [2.24, 2.45) is 7.05 Å². The van der Waals surface area contributed by atoms with Gasteiger partial charge in [0, 0.05) is 57.5 Å². The molecule has 0 spiro atoms. The monoisotopic (exact) mass is 442 g/mol. The standard InChI is InChI=1S/C16H20N6S.C2HF3O2/c1-21-6-5-18-16(21)13-10-17-4-7-22(13)11-12-9-19-15(20-12)14-3-2-8-23-14;3-2(4,5)1(6)7/h2-3,5-6,8-9,13,17H,4,7,10-11H2,1H3,(H,19,20);(H,6,7). The Hall–Kier alpha value is -2.70. The molecule has 0 bridgehead atoms. The van der Waals surface area contributed by atoms with Gasteiger partial charge in [-0.25, -0.2) is 14.8 Å². The number of aryl methyl sites for hydroxylation is 1. The third-order valence-electron chi connectivity index (χ3n) is 4.51. The summed E-state index contributed by atoms with van der Waals surface area (Å²) in [5.74, 6) is -0.693. The largest absolute Gasteiger partial charge is 0.490 e. The molecule has 3 aromatic rings. The van der Waals surface area contributed by atoms with Crippen molar-refractivity contribution in [1.82, 2.24) is 29.7 Å². The van der Waals surface area contributed by atoms with Gasteiger partial charge in [0.25, 0.3) is 0 Å². The second-order valence-corrected chi connectivity index (χ2v) is 7.57. The van der Waals surface area contributed by atoms with Crippen LogP contribution in [-0.4, -0.2) is 61.3 Å². The Kier molecular flexibility index (Phi) is 6.90. The highest BCUT2D eigenvalue weighted by Crippen LogP contribution is 2.25. The van der Waals surface area contributed by atoms with Crippen LogP contribution in [0.2, 0.25) is 0 Å². The third kappa shape index (κ3) is 5.46. The van der Waals surface area contributed by atoms with Crippen molar-refractivity contribution in [2.75, 3.05) is 19.6 Å². The highest BCUT2D eigenvalue weighted by molar-refractivity contribution is 7.13. The molecule has 162 valence electrons. The van der Waals surface area contributed by atoms with E-state index in [1.165, 1.54) is 4.88 Å². The summed E-state index contributed by atoms with van der Waals surface area (Å²) >= 11 is 1.71. The molecular formula is C18H21F3N6O2S. The first-order valence-corrected chi connectivity index (χ1v) is 9.93. The molecule has 0 amide bonds. The molecule has 1 aliphatic heterocycles. The molecular weight excluding hydrogens is 421 g/mol. The van der Waals surface area contributed by atoms with E-state index < -0.39 is 12.1 Å². The second kappa shape index (κ2) is 9.41. The smallest absolute Gasteiger partial charge is 0.475 e. The van der Waals surface area contributed by atoms with Crippen molar-refractivity contribution in [3.63, 3.8) is 0 Å². The summed E-state index contributed by atoms with van der Waals surface area (Å²) in [6.07, 6.45) is 0.743. The number of imidazole rings is 2. The minimum atomic E-state index is -5.08. The number of nitrogens with zero attached hydrogens (tertiary/aromatic N) is 4. The lowest BCUT2D eigenvalue weighted by molar-refractivity contribution is -0.192. The van der Waals surface area contributed by atoms with Crippen molar-refractivity contribution < 1.29 is 23.1 Å². The molecule has 1 unspecified atom stereocenters. The number of piperazine rings is 1. The number of halogens is 3. The molecule has 4 heterocycles. The maximum absolute atomic E-state index is 10.6. The number of hydrogen-bond acceptors (Lipinski definition) is 6. The number of aromatic amines is 1. The number of carboxylic acids is 1. The van der Waals surface area contributed by atoms with E-state index in [0.29, 0.717) is 0 Å². The lowest BCUT2D eigenvalue weighted by Gasteiger charge is -2.35. The van der Waals surface area contributed by atoms with Crippen molar-refractivity contribution >= 4 is 17.3 Å². The van der Waals surface area contributed by atoms with Gasteiger partial charge in [-0.2, -0.15) is 13.2 Å². The van der Waals surface area contributed by atoms with Crippen molar-refractivity contribution in [3.05, 3.63) is 47.6 Å². The summed E-state index contributed by atoms with van der Waals surface area (Å²) in [6, 6.07) is 4.43. The summed E-state index contributed by atoms with van der Waals surface area (Å²) in [7, 11) is 2.06. The predicted octanol–water partition coefficient (Wildman–Crippen LogP) is 2.65. The zero-order chi connectivity index (χ0) is 21.7. The fraction of sp³-hybridized carbons (Fsp3) is 0.389. The van der Waals surface area contributed by atoms with Crippen LogP contribution in [0.25, 0.3) is 10.7 Å². The van der Waals surface area contributed by atoms with Crippen LogP contribution in [0.15, 0.2) is 36.1 Å². The van der Waals surface area contributed by atoms with E-state index in [0.717, 1.165) is 43.5 Å². The van der Waals surface area contributed by atoms with Gasteiger partial charge in [-0.15, -0.1) is 11.3 Å². The molecule has 0 aliphatic carbocycles. The summed E-state index contributed by atoms with van der Waals surface area (Å²) in [4.78, 5) is 25.0. The van der Waals surface area contributed by atoms with Gasteiger partial charge in [0.1, 0.15) is 11.6 Å². The molecule has 1 aliphatic rings. The van der Waals surface area contributed by atoms with Crippen molar-refractivity contribution in [3.8, 4) is 10.7 Å². The molecule has 0 radical (unpaired) electrons. The Bertz CT molecular complexity index is 953. The fourth-order valence-electron chi connectivity index (χ4n) is 3.09. The molecule has 3 aromatic heterocycles. The molecule has 30 heavy (non-hydrogen) atoms. The van der Waals surface area contributed by atoms with E-state index in [9.17, 15) is 13.2 Å². The quantitative estimate of drug-likeness (QED) is 0.575. The summed E-state index contributed by atoms with van der Waals surface area (Å²) < 4.78 is 33.8. The molecule has 4 rings (SSSR count). The number of thiophene rings is 1. The van der Waals surface area contributed by atoms with E-state index in [2.05, 4.69) is 54.3 Å². The van der Waals surface area contributed by atoms with E-state index in [4.69, 9.17) is 9.90 Å². The number of aliphatic carboxylic acids is 1. The van der Waals surface area contributed by atoms with Gasteiger partial charge in [-0.3, -0.25) is 4.90 Å². The number of carbonyl (C=O) groups is 1. The van der Waals surface area contributed by atoms with Crippen LogP contribution >= 0.6 is 11.3 Å². The molecule has 0 aromatic carbocycles. The number of hydrogen-bond donors (Lipinski definition) is 3. The molecule has 0 saturated carbocycles. The fourth-order valence-corrected chi connectivity index (χ4v) is 3.76. The number of carboxylic acid groups (broad SMARTS) is 1. The van der Waals surface area contributed by atoms with Crippen LogP contribution < -0.4 is 5.32 Å². The van der Waals surface area contributed by atoms with E-state index in [1.54, 1.807) is 11.3 Å². The normalized spacial score (nSPS) is 17.4. The number of H-pyrrole nitrogens is 1. The third-order valence-corrected chi connectivity index (χ3v) is 5.39. The molecule has 12 heteroatoms. The van der Waals surface area contributed by atoms with Gasteiger partial charge in [0.05, 0.1) is 10.9 Å². The molecule has 1 fully saturated rings. The Labute approximate surface area is 174 Å². The van der Waals surface area contributed by atoms with Gasteiger partial charge in [0.15, 0.2) is 0 Å². The molecule has 8 nitrogen and oxygen atoms in total. The maximum atomic E-state index is 10.6. The van der Waals surface area contributed by atoms with Gasteiger partial charge < -0.3 is 20.0 Å². The van der Waals surface area contributed by atoms with Gasteiger partial charge in [-0.05, 0) is 11.4 Å². The average molecular weight is 442 g/mol. The van der Waals surface area contributed by atoms with E-state index >= 15 is 0 Å². The number of rotatable bonds is 4. The number of aromatic nitrogens is 4. The first-order chi connectivity index (χ1) is 14.3. The Morgan fingerprint density at radius 3 is 2.77 bits per heavy atom. The number of alkyl halides is 3. The highest BCUT2D eigenvalue weighted by Gasteiger charge is 2.38. The molecule has 3 N–H and O–H groups in total. The minimum absolute atomic E-state index is 0.289. The first-order valence-electron chi connectivity index (χ1n) is 9.05. The summed E-state index contributed by atoms with van der Waals surface area (Å²) in [5.41, 5.74) is 1.15. The number of nitrogens with one attached hydrogen (secondary N) is 2. The van der Waals surface area contributed by atoms with Gasteiger partial charge in [0.2, 0.25) is 0 Å². The first kappa shape index (κ1) is 22.0. The van der Waals surface area contributed by atoms with Crippen LogP contribution in [0, 0.1) is 0 Å². The maximum Gasteiger partial charge on any atom is 0.490 e. The average Bonchev–Trinajstić information content (AvgIpc) is 3.43. The van der Waals surface area contributed by atoms with Crippen LogP contribution in [0.4, 0.5) is 13.2 Å². The van der Waals surface area contributed by atoms with E-state index in [-0.39, 0.29) is 6.04 Å². The molecule has 1 saturated heterocycles.